The standard InChI is InChI=1S/C11H15NO3/c1-3-8(2)10(11(14)15)12-6-4-5-9(12)7-13/h4-8,10H,3H2,1-2H3,(H,14,15)/i7+1. The molecule has 1 N–H and O–H groups in total. The van der Waals surface area contributed by atoms with Gasteiger partial charge < -0.3 is 9.67 Å². The molecule has 0 spiro atoms. The third-order valence-corrected chi connectivity index (χ3v) is 2.67. The van der Waals surface area contributed by atoms with Gasteiger partial charge in [-0.3, -0.25) is 4.79 Å². The number of aldehydes is 1. The molecule has 0 saturated carbocycles. The molecule has 2 unspecified atom stereocenters. The molecule has 0 amide bonds. The van der Waals surface area contributed by atoms with Crippen LogP contribution in [0.4, 0.5) is 0 Å². The summed E-state index contributed by atoms with van der Waals surface area (Å²) >= 11 is 0. The summed E-state index contributed by atoms with van der Waals surface area (Å²) in [5.74, 6) is -0.905. The molecule has 0 saturated heterocycles. The van der Waals surface area contributed by atoms with Crippen LogP contribution in [0.25, 0.3) is 0 Å². The Hall–Kier alpha value is -1.58. The van der Waals surface area contributed by atoms with Crippen LogP contribution in [-0.2, 0) is 4.79 Å². The second-order valence-corrected chi connectivity index (χ2v) is 3.63. The first kappa shape index (κ1) is 11.5. The Bertz CT molecular complexity index is 356. The van der Waals surface area contributed by atoms with Crippen LogP contribution in [0.1, 0.15) is 36.8 Å². The van der Waals surface area contributed by atoms with Crippen LogP contribution in [-0.4, -0.2) is 21.9 Å². The molecule has 1 heterocycles. The molecule has 4 nitrogen and oxygen atoms in total. The minimum Gasteiger partial charge on any atom is -0.480 e. The van der Waals surface area contributed by atoms with E-state index in [4.69, 9.17) is 5.11 Å². The SMILES string of the molecule is CCC(C)C(C(=O)O)n1cccc1[13CH]=O. The number of hydrogen-bond donors (Lipinski definition) is 1. The van der Waals surface area contributed by atoms with Crippen molar-refractivity contribution >= 4 is 12.3 Å². The molecule has 0 aliphatic heterocycles. The number of aromatic nitrogens is 1. The summed E-state index contributed by atoms with van der Waals surface area (Å²) < 4.78 is 1.52. The number of carboxylic acid groups (broad SMARTS) is 1. The van der Waals surface area contributed by atoms with E-state index in [0.717, 1.165) is 6.42 Å². The van der Waals surface area contributed by atoms with Crippen LogP contribution in [0.2, 0.25) is 0 Å². The Kier molecular flexibility index (Phi) is 3.66. The summed E-state index contributed by atoms with van der Waals surface area (Å²) in [4.78, 5) is 21.8. The fourth-order valence-corrected chi connectivity index (χ4v) is 1.62. The number of carbonyl (C=O) groups excluding carboxylic acids is 1. The maximum atomic E-state index is 11.1. The lowest BCUT2D eigenvalue weighted by atomic mass is 9.99. The van der Waals surface area contributed by atoms with Gasteiger partial charge in [0, 0.05) is 6.20 Å². The molecule has 82 valence electrons. The van der Waals surface area contributed by atoms with Crippen molar-refractivity contribution in [3.8, 4) is 0 Å². The van der Waals surface area contributed by atoms with Gasteiger partial charge in [-0.1, -0.05) is 20.3 Å². The molecule has 15 heavy (non-hydrogen) atoms. The monoisotopic (exact) mass is 210 g/mol. The molecule has 0 aromatic carbocycles. The average Bonchev–Trinajstić information content (AvgIpc) is 2.65. The van der Waals surface area contributed by atoms with E-state index in [1.807, 2.05) is 13.8 Å². The van der Waals surface area contributed by atoms with E-state index < -0.39 is 12.0 Å². The summed E-state index contributed by atoms with van der Waals surface area (Å²) in [5, 5.41) is 9.13. The van der Waals surface area contributed by atoms with Crippen LogP contribution < -0.4 is 0 Å². The second-order valence-electron chi connectivity index (χ2n) is 3.63. The molecule has 1 rings (SSSR count). The first-order valence-electron chi connectivity index (χ1n) is 4.96. The molecule has 2 atom stereocenters. The molecular weight excluding hydrogens is 195 g/mol. The maximum absolute atomic E-state index is 11.1. The summed E-state index contributed by atoms with van der Waals surface area (Å²) in [5.41, 5.74) is 0.405. The predicted octanol–water partition coefficient (Wildman–Crippen LogP) is 1.97. The number of aliphatic carboxylic acids is 1. The van der Waals surface area contributed by atoms with Gasteiger partial charge in [-0.05, 0) is 18.1 Å². The molecular formula is C11H15NO3. The van der Waals surface area contributed by atoms with Gasteiger partial charge >= 0.3 is 5.97 Å². The Morgan fingerprint density at radius 3 is 2.80 bits per heavy atom. The van der Waals surface area contributed by atoms with Crippen molar-refractivity contribution in [1.29, 1.82) is 0 Å². The summed E-state index contributed by atoms with van der Waals surface area (Å²) in [6.45, 7) is 3.80. The fraction of sp³-hybridized carbons (Fsp3) is 0.455. The van der Waals surface area contributed by atoms with E-state index >= 15 is 0 Å². The maximum Gasteiger partial charge on any atom is 0.326 e. The van der Waals surface area contributed by atoms with Crippen molar-refractivity contribution < 1.29 is 14.7 Å². The lowest BCUT2D eigenvalue weighted by molar-refractivity contribution is -0.142. The van der Waals surface area contributed by atoms with E-state index in [9.17, 15) is 9.59 Å². The summed E-state index contributed by atoms with van der Waals surface area (Å²) in [7, 11) is 0. The van der Waals surface area contributed by atoms with Gasteiger partial charge in [-0.25, -0.2) is 4.79 Å². The number of rotatable bonds is 5. The summed E-state index contributed by atoms with van der Waals surface area (Å²) in [6.07, 6.45) is 3.07. The predicted molar refractivity (Wildman–Crippen MR) is 55.9 cm³/mol. The largest absolute Gasteiger partial charge is 0.480 e. The van der Waals surface area contributed by atoms with Gasteiger partial charge in [0.15, 0.2) is 6.29 Å². The molecule has 0 fully saturated rings. The van der Waals surface area contributed by atoms with Crippen molar-refractivity contribution in [2.24, 2.45) is 5.92 Å². The van der Waals surface area contributed by atoms with E-state index in [-0.39, 0.29) is 5.92 Å². The van der Waals surface area contributed by atoms with Crippen LogP contribution in [0.15, 0.2) is 18.3 Å². The van der Waals surface area contributed by atoms with E-state index in [0.29, 0.717) is 12.0 Å². The summed E-state index contributed by atoms with van der Waals surface area (Å²) in [6, 6.07) is 2.64. The van der Waals surface area contributed by atoms with Crippen molar-refractivity contribution in [2.45, 2.75) is 26.3 Å². The van der Waals surface area contributed by atoms with Gasteiger partial charge in [0.05, 0.1) is 5.69 Å². The van der Waals surface area contributed by atoms with Gasteiger partial charge in [0.2, 0.25) is 0 Å². The number of nitrogens with zero attached hydrogens (tertiary/aromatic N) is 1. The van der Waals surface area contributed by atoms with Crippen LogP contribution in [0, 0.1) is 5.92 Å². The average molecular weight is 210 g/mol. The smallest absolute Gasteiger partial charge is 0.326 e. The van der Waals surface area contributed by atoms with Crippen molar-refractivity contribution in [2.75, 3.05) is 0 Å². The molecule has 0 radical (unpaired) electrons. The van der Waals surface area contributed by atoms with Crippen LogP contribution in [0.5, 0.6) is 0 Å². The van der Waals surface area contributed by atoms with Gasteiger partial charge in [0.25, 0.3) is 0 Å². The highest BCUT2D eigenvalue weighted by molar-refractivity contribution is 5.77. The Balaban J connectivity index is 3.09. The lowest BCUT2D eigenvalue weighted by Crippen LogP contribution is -2.26. The van der Waals surface area contributed by atoms with Crippen molar-refractivity contribution in [3.05, 3.63) is 24.0 Å². The minimum atomic E-state index is -0.899. The van der Waals surface area contributed by atoms with Crippen LogP contribution >= 0.6 is 0 Å². The number of hydrogen-bond acceptors (Lipinski definition) is 2. The Morgan fingerprint density at radius 2 is 2.33 bits per heavy atom. The zero-order valence-corrected chi connectivity index (χ0v) is 8.88. The molecule has 0 aliphatic carbocycles. The van der Waals surface area contributed by atoms with Gasteiger partial charge in [-0.15, -0.1) is 0 Å². The highest BCUT2D eigenvalue weighted by Gasteiger charge is 2.26. The zero-order chi connectivity index (χ0) is 11.4. The number of carbonyl (C=O) groups is 2. The van der Waals surface area contributed by atoms with E-state index in [2.05, 4.69) is 0 Å². The van der Waals surface area contributed by atoms with E-state index in [1.54, 1.807) is 18.3 Å². The zero-order valence-electron chi connectivity index (χ0n) is 8.88. The number of carboxylic acids is 1. The third-order valence-electron chi connectivity index (χ3n) is 2.67. The minimum absolute atomic E-state index is 0.00593. The first-order chi connectivity index (χ1) is 7.11. The second kappa shape index (κ2) is 4.77. The normalized spacial score (nSPS) is 14.5. The molecule has 1 aromatic rings. The van der Waals surface area contributed by atoms with Crippen molar-refractivity contribution in [3.63, 3.8) is 0 Å². The van der Waals surface area contributed by atoms with Gasteiger partial charge in [0.1, 0.15) is 6.04 Å². The molecule has 0 aliphatic rings. The highest BCUT2D eigenvalue weighted by Crippen LogP contribution is 2.23. The third kappa shape index (κ3) is 2.26. The van der Waals surface area contributed by atoms with Crippen molar-refractivity contribution in [1.82, 2.24) is 4.57 Å². The van der Waals surface area contributed by atoms with Gasteiger partial charge in [-0.2, -0.15) is 0 Å². The molecule has 4 heteroatoms. The highest BCUT2D eigenvalue weighted by atomic mass is 16.4. The Morgan fingerprint density at radius 1 is 1.67 bits per heavy atom. The Labute approximate surface area is 88.5 Å². The first-order valence-corrected chi connectivity index (χ1v) is 4.96. The molecule has 0 bridgehead atoms. The fourth-order valence-electron chi connectivity index (χ4n) is 1.62. The topological polar surface area (TPSA) is 59.3 Å². The quantitative estimate of drug-likeness (QED) is 0.597. The van der Waals surface area contributed by atoms with Crippen LogP contribution in [0.3, 0.4) is 0 Å². The van der Waals surface area contributed by atoms with E-state index in [1.165, 1.54) is 4.57 Å². The molecule has 1 aromatic heterocycles. The lowest BCUT2D eigenvalue weighted by Gasteiger charge is -2.21.